The zero-order valence-electron chi connectivity index (χ0n) is 17.2. The normalized spacial score (nSPS) is 18.4. The van der Waals surface area contributed by atoms with Crippen LogP contribution in [-0.2, 0) is 9.53 Å². The molecule has 0 aromatic carbocycles. The Bertz CT molecular complexity index is 627. The van der Waals surface area contributed by atoms with Crippen molar-refractivity contribution in [3.8, 4) is 0 Å². The number of hydrogen-bond donors (Lipinski definition) is 1. The van der Waals surface area contributed by atoms with Crippen molar-refractivity contribution >= 4 is 12.0 Å². The predicted molar refractivity (Wildman–Crippen MR) is 107 cm³/mol. The van der Waals surface area contributed by atoms with E-state index in [0.717, 1.165) is 31.6 Å². The van der Waals surface area contributed by atoms with Crippen LogP contribution in [0.1, 0.15) is 47.5 Å². The van der Waals surface area contributed by atoms with Crippen LogP contribution >= 0.6 is 0 Å². The second-order valence-electron chi connectivity index (χ2n) is 7.98. The molecule has 2 amide bonds. The molecule has 0 atom stereocenters. The van der Waals surface area contributed by atoms with Crippen LogP contribution < -0.4 is 5.32 Å². The average molecular weight is 376 g/mol. The van der Waals surface area contributed by atoms with Crippen LogP contribution in [0.15, 0.2) is 36.3 Å². The first-order valence-corrected chi connectivity index (χ1v) is 9.83. The number of allylic oxidation sites excluding steroid dienone is 3. The summed E-state index contributed by atoms with van der Waals surface area (Å²) in [5.74, 6) is 0.602. The van der Waals surface area contributed by atoms with Crippen molar-refractivity contribution in [2.75, 3.05) is 19.7 Å². The minimum absolute atomic E-state index is 0.0567. The van der Waals surface area contributed by atoms with Crippen LogP contribution in [0.5, 0.6) is 0 Å². The third-order valence-electron chi connectivity index (χ3n) is 5.52. The third kappa shape index (κ3) is 5.62. The molecule has 0 aliphatic carbocycles. The summed E-state index contributed by atoms with van der Waals surface area (Å²) in [7, 11) is 0. The van der Waals surface area contributed by atoms with Crippen LogP contribution in [0.2, 0.25) is 0 Å². The molecule has 1 fully saturated rings. The van der Waals surface area contributed by atoms with Crippen LogP contribution in [0.3, 0.4) is 0 Å². The van der Waals surface area contributed by atoms with E-state index in [-0.39, 0.29) is 23.5 Å². The molecular formula is C21H33N3O3. The van der Waals surface area contributed by atoms with Crippen LogP contribution in [0, 0.1) is 11.8 Å². The Kier molecular flexibility index (Phi) is 7.11. The molecule has 2 aliphatic rings. The van der Waals surface area contributed by atoms with E-state index in [1.807, 2.05) is 18.2 Å². The molecule has 2 rings (SSSR count). The predicted octanol–water partition coefficient (Wildman–Crippen LogP) is 3.63. The molecule has 2 aliphatic heterocycles. The van der Waals surface area contributed by atoms with Crippen LogP contribution in [0.4, 0.5) is 4.79 Å². The Hall–Kier alpha value is -2.24. The van der Waals surface area contributed by atoms with Gasteiger partial charge >= 0.3 is 6.09 Å². The summed E-state index contributed by atoms with van der Waals surface area (Å²) in [6.45, 7) is 12.2. The van der Waals surface area contributed by atoms with Gasteiger partial charge in [0.25, 0.3) is 0 Å². The van der Waals surface area contributed by atoms with Crippen molar-refractivity contribution in [3.63, 3.8) is 0 Å². The summed E-state index contributed by atoms with van der Waals surface area (Å²) in [4.78, 5) is 28.1. The van der Waals surface area contributed by atoms with E-state index in [0.29, 0.717) is 12.5 Å². The molecule has 2 heterocycles. The number of amides is 2. The minimum Gasteiger partial charge on any atom is -0.449 e. The first kappa shape index (κ1) is 21.1. The zero-order valence-corrected chi connectivity index (χ0v) is 17.2. The van der Waals surface area contributed by atoms with E-state index in [2.05, 4.69) is 37.9 Å². The van der Waals surface area contributed by atoms with Crippen LogP contribution in [-0.4, -0.2) is 47.0 Å². The molecule has 1 saturated heterocycles. The van der Waals surface area contributed by atoms with Crippen molar-refractivity contribution in [2.24, 2.45) is 11.8 Å². The maximum Gasteiger partial charge on any atom is 0.417 e. The van der Waals surface area contributed by atoms with Gasteiger partial charge in [-0.15, -0.1) is 0 Å². The second kappa shape index (κ2) is 9.11. The lowest BCUT2D eigenvalue weighted by molar-refractivity contribution is -0.128. The number of nitrogens with one attached hydrogen (secondary N) is 1. The van der Waals surface area contributed by atoms with Gasteiger partial charge in [-0.2, -0.15) is 0 Å². The minimum atomic E-state index is -0.386. The first-order valence-electron chi connectivity index (χ1n) is 9.83. The highest BCUT2D eigenvalue weighted by molar-refractivity contribution is 5.79. The molecule has 6 nitrogen and oxygen atoms in total. The largest absolute Gasteiger partial charge is 0.449 e. The van der Waals surface area contributed by atoms with E-state index in [1.165, 1.54) is 4.90 Å². The number of hydrogen-bond acceptors (Lipinski definition) is 4. The smallest absolute Gasteiger partial charge is 0.417 e. The molecule has 0 spiro atoms. The lowest BCUT2D eigenvalue weighted by Gasteiger charge is -2.36. The van der Waals surface area contributed by atoms with E-state index in [9.17, 15) is 9.59 Å². The van der Waals surface area contributed by atoms with Crippen molar-refractivity contribution < 1.29 is 14.3 Å². The van der Waals surface area contributed by atoms with E-state index in [1.54, 1.807) is 19.3 Å². The van der Waals surface area contributed by atoms with Crippen molar-refractivity contribution in [1.82, 2.24) is 15.1 Å². The lowest BCUT2D eigenvalue weighted by Crippen LogP contribution is -2.51. The Balaban J connectivity index is 1.90. The molecule has 0 saturated carbocycles. The van der Waals surface area contributed by atoms with Gasteiger partial charge < -0.3 is 15.0 Å². The Labute approximate surface area is 162 Å². The summed E-state index contributed by atoms with van der Waals surface area (Å²) in [5.41, 5.74) is 0.849. The Morgan fingerprint density at radius 1 is 1.26 bits per heavy atom. The third-order valence-corrected chi connectivity index (χ3v) is 5.52. The molecule has 1 N–H and O–H groups in total. The quantitative estimate of drug-likeness (QED) is 0.797. The maximum absolute atomic E-state index is 12.6. The van der Waals surface area contributed by atoms with Gasteiger partial charge in [0.15, 0.2) is 0 Å². The van der Waals surface area contributed by atoms with Gasteiger partial charge in [0, 0.05) is 42.6 Å². The van der Waals surface area contributed by atoms with E-state index < -0.39 is 0 Å². The van der Waals surface area contributed by atoms with Gasteiger partial charge in [-0.1, -0.05) is 13.8 Å². The summed E-state index contributed by atoms with van der Waals surface area (Å²) < 4.78 is 5.02. The SMILES string of the molecule is CCOC(=O)N1C=CC=C(N2CCC(C(=O)NC(C)(C)C(C)C)CC2)C=C1. The number of piperidine rings is 1. The van der Waals surface area contributed by atoms with Crippen molar-refractivity contribution in [2.45, 2.75) is 53.0 Å². The topological polar surface area (TPSA) is 61.9 Å². The summed E-state index contributed by atoms with van der Waals surface area (Å²) in [5, 5.41) is 3.20. The van der Waals surface area contributed by atoms with Gasteiger partial charge in [0.2, 0.25) is 5.91 Å². The number of carbonyl (C=O) groups is 2. The highest BCUT2D eigenvalue weighted by atomic mass is 16.5. The number of ether oxygens (including phenoxy) is 1. The average Bonchev–Trinajstić information content (AvgIpc) is 2.88. The molecule has 6 heteroatoms. The van der Waals surface area contributed by atoms with Crippen LogP contribution in [0.25, 0.3) is 0 Å². The molecule has 0 unspecified atom stereocenters. The molecule has 0 bridgehead atoms. The number of likely N-dealkylation sites (tertiary alicyclic amines) is 1. The monoisotopic (exact) mass is 375 g/mol. The Morgan fingerprint density at radius 2 is 1.93 bits per heavy atom. The number of carbonyl (C=O) groups excluding carboxylic acids is 2. The molecule has 150 valence electrons. The maximum atomic E-state index is 12.6. The van der Waals surface area contributed by atoms with Gasteiger partial charge in [-0.05, 0) is 57.8 Å². The molecular weight excluding hydrogens is 342 g/mol. The molecule has 0 aromatic rings. The standard InChI is InChI=1S/C21H33N3O3/c1-6-27-20(26)24-12-7-8-18(11-15-24)23-13-9-17(10-14-23)19(25)22-21(4,5)16(2)3/h7-8,11-12,15-17H,6,9-10,13-14H2,1-5H3,(H,22,25). The van der Waals surface area contributed by atoms with E-state index in [4.69, 9.17) is 4.74 Å². The highest BCUT2D eigenvalue weighted by Gasteiger charge is 2.30. The first-order chi connectivity index (χ1) is 12.7. The van der Waals surface area contributed by atoms with Crippen molar-refractivity contribution in [3.05, 3.63) is 36.3 Å². The summed E-state index contributed by atoms with van der Waals surface area (Å²) in [6.07, 6.45) is 10.4. The van der Waals surface area contributed by atoms with Gasteiger partial charge in [-0.25, -0.2) is 4.79 Å². The Morgan fingerprint density at radius 3 is 2.52 bits per heavy atom. The van der Waals surface area contributed by atoms with E-state index >= 15 is 0 Å². The number of nitrogens with zero attached hydrogens (tertiary/aromatic N) is 2. The van der Waals surface area contributed by atoms with Crippen molar-refractivity contribution in [1.29, 1.82) is 0 Å². The fourth-order valence-electron chi connectivity index (χ4n) is 2.99. The zero-order chi connectivity index (χ0) is 20.0. The molecule has 27 heavy (non-hydrogen) atoms. The highest BCUT2D eigenvalue weighted by Crippen LogP contribution is 2.24. The summed E-state index contributed by atoms with van der Waals surface area (Å²) in [6, 6.07) is 0. The second-order valence-corrected chi connectivity index (χ2v) is 7.98. The fraction of sp³-hybridized carbons (Fsp3) is 0.619. The van der Waals surface area contributed by atoms with Gasteiger partial charge in [-0.3, -0.25) is 9.69 Å². The molecule has 0 radical (unpaired) electrons. The van der Waals surface area contributed by atoms with Gasteiger partial charge in [0.05, 0.1) is 6.61 Å². The number of rotatable bonds is 5. The van der Waals surface area contributed by atoms with Gasteiger partial charge in [0.1, 0.15) is 0 Å². The lowest BCUT2D eigenvalue weighted by atomic mass is 9.88. The summed E-state index contributed by atoms with van der Waals surface area (Å²) >= 11 is 0. The molecule has 0 aromatic heterocycles. The fourth-order valence-corrected chi connectivity index (χ4v) is 2.99.